The van der Waals surface area contributed by atoms with E-state index in [4.69, 9.17) is 12.7 Å². The van der Waals surface area contributed by atoms with E-state index < -0.39 is 33.5 Å². The van der Waals surface area contributed by atoms with Crippen molar-refractivity contribution >= 4 is 51.2 Å². The number of carbonyl (C=O) groups excluding carboxylic acids is 3. The van der Waals surface area contributed by atoms with Gasteiger partial charge in [-0.05, 0) is 89.8 Å². The average Bonchev–Trinajstić information content (AvgIpc) is 2.77. The third kappa shape index (κ3) is 22.3. The van der Waals surface area contributed by atoms with Crippen LogP contribution in [0, 0.1) is 0 Å². The van der Waals surface area contributed by atoms with Crippen LogP contribution in [0.5, 0.6) is 0 Å². The van der Waals surface area contributed by atoms with Gasteiger partial charge < -0.3 is 33.1 Å². The number of nitrogens with one attached hydrogen (secondary N) is 3. The molecule has 0 heterocycles. The van der Waals surface area contributed by atoms with Crippen molar-refractivity contribution in [2.75, 3.05) is 53.9 Å². The van der Waals surface area contributed by atoms with Gasteiger partial charge in [0.25, 0.3) is 11.8 Å². The molecule has 0 aliphatic heterocycles. The minimum atomic E-state index is -2.31. The van der Waals surface area contributed by atoms with Gasteiger partial charge in [0.15, 0.2) is 38.0 Å². The van der Waals surface area contributed by atoms with Crippen LogP contribution in [0.2, 0.25) is 70.5 Å². The van der Waals surface area contributed by atoms with E-state index in [1.54, 1.807) is 7.11 Å². The molecule has 0 atom stereocenters. The molecule has 0 aromatic carbocycles. The van der Waals surface area contributed by atoms with Crippen molar-refractivity contribution in [1.82, 2.24) is 16.0 Å². The SMILES string of the molecule is CO[Si](C)(C)CCCCNC(=O)C[N+](C)(C)CC(=O)NCCC[Si](C)(C)O[Si](C)(C)O[Si](C)(C)CCCNC(C)=O. The number of quaternary nitrogens is 1. The second kappa shape index (κ2) is 18.0. The first-order chi connectivity index (χ1) is 18.6. The Hall–Kier alpha value is -0.882. The molecule has 3 amide bonds. The van der Waals surface area contributed by atoms with Crippen LogP contribution in [0.4, 0.5) is 0 Å². The van der Waals surface area contributed by atoms with Gasteiger partial charge in [-0.25, -0.2) is 0 Å². The standard InChI is InChI=1S/C27H62N4O6Si4/c1-25(32)28-18-15-21-39(7,8)36-41(11,12)37-40(9,10)22-16-19-30-27(34)24-31(2,3)23-26(33)29-17-13-14-20-38(5,6)35-4/h13-24H2,1-12H3,(H2-,28,29,30,32,33,34)/p+1. The van der Waals surface area contributed by atoms with E-state index in [-0.39, 0.29) is 30.8 Å². The number of hydrogen-bond acceptors (Lipinski definition) is 6. The van der Waals surface area contributed by atoms with Gasteiger partial charge in [-0.15, -0.1) is 0 Å². The van der Waals surface area contributed by atoms with Crippen molar-refractivity contribution in [2.45, 2.75) is 103 Å². The van der Waals surface area contributed by atoms with Crippen LogP contribution in [0.3, 0.4) is 0 Å². The Labute approximate surface area is 255 Å². The summed E-state index contributed by atoms with van der Waals surface area (Å²) in [5.74, 6) is -0.0626. The molecule has 0 saturated carbocycles. The van der Waals surface area contributed by atoms with Crippen molar-refractivity contribution < 1.29 is 31.5 Å². The Balaban J connectivity index is 4.38. The molecule has 3 N–H and O–H groups in total. The average molecular weight is 652 g/mol. The lowest BCUT2D eigenvalue weighted by Crippen LogP contribution is -2.53. The van der Waals surface area contributed by atoms with Crippen molar-refractivity contribution in [3.8, 4) is 0 Å². The van der Waals surface area contributed by atoms with Crippen LogP contribution < -0.4 is 16.0 Å². The number of rotatable bonds is 22. The lowest BCUT2D eigenvalue weighted by atomic mass is 10.3. The van der Waals surface area contributed by atoms with Gasteiger partial charge in [0.1, 0.15) is 0 Å². The van der Waals surface area contributed by atoms with E-state index in [9.17, 15) is 14.4 Å². The highest BCUT2D eigenvalue weighted by atomic mass is 28.5. The molecule has 0 bridgehead atoms. The monoisotopic (exact) mass is 651 g/mol. The van der Waals surface area contributed by atoms with Gasteiger partial charge in [-0.1, -0.05) is 6.42 Å². The highest BCUT2D eigenvalue weighted by molar-refractivity contribution is 6.87. The van der Waals surface area contributed by atoms with Crippen molar-refractivity contribution in [3.63, 3.8) is 0 Å². The van der Waals surface area contributed by atoms with E-state index in [1.807, 2.05) is 14.1 Å². The predicted molar refractivity (Wildman–Crippen MR) is 179 cm³/mol. The summed E-state index contributed by atoms with van der Waals surface area (Å²) in [4.78, 5) is 36.1. The molecule has 0 unspecified atom stereocenters. The van der Waals surface area contributed by atoms with Gasteiger partial charge in [0.05, 0.1) is 14.1 Å². The molecule has 41 heavy (non-hydrogen) atoms. The summed E-state index contributed by atoms with van der Waals surface area (Å²) < 4.78 is 19.2. The van der Waals surface area contributed by atoms with Gasteiger partial charge >= 0.3 is 8.56 Å². The second-order valence-corrected chi connectivity index (χ2v) is 31.1. The van der Waals surface area contributed by atoms with Crippen molar-refractivity contribution in [3.05, 3.63) is 0 Å². The Kier molecular flexibility index (Phi) is 17.7. The number of likely N-dealkylation sites (N-methyl/N-ethyl adjacent to an activating group) is 1. The van der Waals surface area contributed by atoms with Gasteiger partial charge in [0.2, 0.25) is 5.91 Å². The van der Waals surface area contributed by atoms with Crippen LogP contribution >= 0.6 is 0 Å². The molecule has 0 aromatic heterocycles. The molecule has 0 radical (unpaired) electrons. The summed E-state index contributed by atoms with van der Waals surface area (Å²) in [6.07, 6.45) is 3.75. The highest BCUT2D eigenvalue weighted by Crippen LogP contribution is 2.25. The van der Waals surface area contributed by atoms with Crippen LogP contribution in [0.1, 0.15) is 32.6 Å². The summed E-state index contributed by atoms with van der Waals surface area (Å²) in [7, 11) is -2.12. The van der Waals surface area contributed by atoms with E-state index in [2.05, 4.69) is 68.3 Å². The molecular weight excluding hydrogens is 589 g/mol. The second-order valence-electron chi connectivity index (χ2n) is 14.2. The quantitative estimate of drug-likeness (QED) is 0.0927. The maximum atomic E-state index is 12.6. The molecule has 242 valence electrons. The first-order valence-corrected chi connectivity index (χ1v) is 27.3. The zero-order chi connectivity index (χ0) is 32.0. The summed E-state index contributed by atoms with van der Waals surface area (Å²) >= 11 is 0. The summed E-state index contributed by atoms with van der Waals surface area (Å²) in [6.45, 7) is 21.6. The van der Waals surface area contributed by atoms with Gasteiger partial charge in [-0.2, -0.15) is 0 Å². The third-order valence-electron chi connectivity index (χ3n) is 6.88. The summed E-state index contributed by atoms with van der Waals surface area (Å²) in [5.41, 5.74) is 0. The smallest absolute Gasteiger partial charge is 0.311 e. The lowest BCUT2D eigenvalue weighted by molar-refractivity contribution is -0.874. The van der Waals surface area contributed by atoms with Crippen LogP contribution in [-0.2, 0) is 27.0 Å². The van der Waals surface area contributed by atoms with E-state index >= 15 is 0 Å². The zero-order valence-corrected chi connectivity index (χ0v) is 32.4. The number of carbonyl (C=O) groups is 3. The fraction of sp³-hybridized carbons (Fsp3) is 0.889. The highest BCUT2D eigenvalue weighted by Gasteiger charge is 2.39. The van der Waals surface area contributed by atoms with Crippen molar-refractivity contribution in [1.29, 1.82) is 0 Å². The molecule has 0 aliphatic carbocycles. The molecule has 0 fully saturated rings. The normalized spacial score (nSPS) is 13.2. The fourth-order valence-corrected chi connectivity index (χ4v) is 20.3. The molecular formula is C27H63N4O6Si4+. The van der Waals surface area contributed by atoms with Gasteiger partial charge in [0, 0.05) is 33.7 Å². The fourth-order valence-electron chi connectivity index (χ4n) is 4.92. The first-order valence-electron chi connectivity index (χ1n) is 15.1. The Morgan fingerprint density at radius 3 is 1.41 bits per heavy atom. The minimum Gasteiger partial charge on any atom is -0.437 e. The van der Waals surface area contributed by atoms with E-state index in [0.29, 0.717) is 24.1 Å². The largest absolute Gasteiger partial charge is 0.437 e. The number of nitrogens with zero attached hydrogens (tertiary/aromatic N) is 1. The number of hydrogen-bond donors (Lipinski definition) is 3. The maximum Gasteiger partial charge on any atom is 0.311 e. The molecule has 14 heteroatoms. The van der Waals surface area contributed by atoms with E-state index in [1.165, 1.54) is 6.92 Å². The minimum absolute atomic E-state index is 0.00322. The molecule has 0 spiro atoms. The van der Waals surface area contributed by atoms with Crippen LogP contribution in [0.15, 0.2) is 0 Å². The molecule has 0 saturated heterocycles. The lowest BCUT2D eigenvalue weighted by Gasteiger charge is -2.39. The van der Waals surface area contributed by atoms with Crippen LogP contribution in [-0.4, -0.2) is 110 Å². The maximum absolute atomic E-state index is 12.6. The predicted octanol–water partition coefficient (Wildman–Crippen LogP) is 3.99. The molecule has 0 aliphatic rings. The third-order valence-corrected chi connectivity index (χ3v) is 21.0. The van der Waals surface area contributed by atoms with Crippen molar-refractivity contribution in [2.24, 2.45) is 0 Å². The Morgan fingerprint density at radius 1 is 0.610 bits per heavy atom. The van der Waals surface area contributed by atoms with E-state index in [0.717, 1.165) is 43.8 Å². The summed E-state index contributed by atoms with van der Waals surface area (Å²) in [5, 5.41) is 8.88. The Morgan fingerprint density at radius 2 is 1.00 bits per heavy atom. The Bertz CT molecular complexity index is 826. The van der Waals surface area contributed by atoms with Gasteiger partial charge in [-0.3, -0.25) is 14.4 Å². The number of amides is 3. The van der Waals surface area contributed by atoms with Crippen LogP contribution in [0.25, 0.3) is 0 Å². The first kappa shape index (κ1) is 40.1. The molecule has 0 rings (SSSR count). The zero-order valence-electron chi connectivity index (χ0n) is 28.4. The molecule has 0 aromatic rings. The summed E-state index contributed by atoms with van der Waals surface area (Å²) in [6, 6.07) is 3.00. The molecule has 10 nitrogen and oxygen atoms in total. The number of unbranched alkanes of at least 4 members (excludes halogenated alkanes) is 1. The topological polar surface area (TPSA) is 115 Å².